The zero-order chi connectivity index (χ0) is 13.8. The van der Waals surface area contributed by atoms with Crippen LogP contribution in [0, 0.1) is 0 Å². The lowest BCUT2D eigenvalue weighted by molar-refractivity contribution is 0.412. The molecule has 0 unspecified atom stereocenters. The summed E-state index contributed by atoms with van der Waals surface area (Å²) in [5.74, 6) is 0.806. The van der Waals surface area contributed by atoms with Crippen molar-refractivity contribution >= 4 is 53.5 Å². The highest BCUT2D eigenvalue weighted by molar-refractivity contribution is 9.11. The second kappa shape index (κ2) is 6.77. The maximum absolute atomic E-state index is 5.30. The van der Waals surface area contributed by atoms with Gasteiger partial charge < -0.3 is 10.1 Å². The molecule has 0 amide bonds. The molecule has 0 aliphatic rings. The number of hydrogen-bond acceptors (Lipinski definition) is 2. The molecule has 5 heteroatoms. The van der Waals surface area contributed by atoms with Crippen molar-refractivity contribution in [3.63, 3.8) is 0 Å². The van der Waals surface area contributed by atoms with Gasteiger partial charge in [0.15, 0.2) is 0 Å². The standard InChI is InChI=1S/C14H12Br3NO/c1-19-14-7-13(11(16)6-12(14)17)18-8-9-3-2-4-10(15)5-9/h2-7,18H,8H2,1H3. The van der Waals surface area contributed by atoms with Gasteiger partial charge in [0, 0.05) is 21.6 Å². The van der Waals surface area contributed by atoms with E-state index in [0.717, 1.165) is 31.4 Å². The lowest BCUT2D eigenvalue weighted by atomic mass is 10.2. The number of hydrogen-bond donors (Lipinski definition) is 1. The van der Waals surface area contributed by atoms with Gasteiger partial charge in [0.1, 0.15) is 5.75 Å². The van der Waals surface area contributed by atoms with E-state index in [4.69, 9.17) is 4.74 Å². The topological polar surface area (TPSA) is 21.3 Å². The fraction of sp³-hybridized carbons (Fsp3) is 0.143. The molecule has 0 saturated heterocycles. The van der Waals surface area contributed by atoms with Crippen molar-refractivity contribution in [2.45, 2.75) is 6.54 Å². The van der Waals surface area contributed by atoms with Gasteiger partial charge in [0.25, 0.3) is 0 Å². The van der Waals surface area contributed by atoms with Crippen LogP contribution in [0.1, 0.15) is 5.56 Å². The van der Waals surface area contributed by atoms with E-state index in [0.29, 0.717) is 0 Å². The second-order valence-electron chi connectivity index (χ2n) is 3.95. The van der Waals surface area contributed by atoms with Gasteiger partial charge in [-0.05, 0) is 55.6 Å². The molecule has 0 radical (unpaired) electrons. The number of anilines is 1. The number of halogens is 3. The molecule has 1 N–H and O–H groups in total. The summed E-state index contributed by atoms with van der Waals surface area (Å²) in [6.45, 7) is 0.753. The van der Waals surface area contributed by atoms with E-state index >= 15 is 0 Å². The first-order chi connectivity index (χ1) is 9.10. The number of rotatable bonds is 4. The van der Waals surface area contributed by atoms with Gasteiger partial charge in [-0.25, -0.2) is 0 Å². The van der Waals surface area contributed by atoms with Crippen LogP contribution in [0.4, 0.5) is 5.69 Å². The van der Waals surface area contributed by atoms with E-state index < -0.39 is 0 Å². The van der Waals surface area contributed by atoms with E-state index in [1.807, 2.05) is 24.3 Å². The van der Waals surface area contributed by atoms with E-state index in [1.54, 1.807) is 7.11 Å². The Morgan fingerprint density at radius 2 is 1.84 bits per heavy atom. The van der Waals surface area contributed by atoms with Crippen LogP contribution in [0.15, 0.2) is 49.8 Å². The molecule has 0 atom stereocenters. The molecule has 19 heavy (non-hydrogen) atoms. The molecule has 0 saturated carbocycles. The molecule has 0 spiro atoms. The first-order valence-electron chi connectivity index (χ1n) is 5.61. The minimum atomic E-state index is 0.753. The van der Waals surface area contributed by atoms with E-state index in [2.05, 4.69) is 65.2 Å². The number of ether oxygens (including phenoxy) is 1. The quantitative estimate of drug-likeness (QED) is 0.656. The van der Waals surface area contributed by atoms with Crippen molar-refractivity contribution in [1.29, 1.82) is 0 Å². The average Bonchev–Trinajstić information content (AvgIpc) is 2.38. The van der Waals surface area contributed by atoms with Gasteiger partial charge in [-0.1, -0.05) is 28.1 Å². The Kier molecular flexibility index (Phi) is 5.30. The summed E-state index contributed by atoms with van der Waals surface area (Å²) in [7, 11) is 1.66. The van der Waals surface area contributed by atoms with Crippen LogP contribution in [0.25, 0.3) is 0 Å². The van der Waals surface area contributed by atoms with Crippen molar-refractivity contribution in [3.8, 4) is 5.75 Å². The third kappa shape index (κ3) is 3.97. The average molecular weight is 450 g/mol. The van der Waals surface area contributed by atoms with Crippen molar-refractivity contribution in [2.75, 3.05) is 12.4 Å². The molecular formula is C14H12Br3NO. The van der Waals surface area contributed by atoms with Gasteiger partial charge in [0.2, 0.25) is 0 Å². The van der Waals surface area contributed by atoms with E-state index in [1.165, 1.54) is 5.56 Å². The monoisotopic (exact) mass is 447 g/mol. The van der Waals surface area contributed by atoms with Crippen LogP contribution in [-0.4, -0.2) is 7.11 Å². The third-order valence-electron chi connectivity index (χ3n) is 2.61. The fourth-order valence-corrected chi connectivity index (χ4v) is 3.41. The Balaban J connectivity index is 2.15. The SMILES string of the molecule is COc1cc(NCc2cccc(Br)c2)c(Br)cc1Br. The number of nitrogens with one attached hydrogen (secondary N) is 1. The Morgan fingerprint density at radius 3 is 2.53 bits per heavy atom. The maximum Gasteiger partial charge on any atom is 0.135 e. The number of benzene rings is 2. The summed E-state index contributed by atoms with van der Waals surface area (Å²) < 4.78 is 8.30. The minimum absolute atomic E-state index is 0.753. The summed E-state index contributed by atoms with van der Waals surface area (Å²) >= 11 is 10.5. The minimum Gasteiger partial charge on any atom is -0.495 e. The molecule has 2 nitrogen and oxygen atoms in total. The van der Waals surface area contributed by atoms with Crippen molar-refractivity contribution in [2.24, 2.45) is 0 Å². The summed E-state index contributed by atoms with van der Waals surface area (Å²) in [6, 6.07) is 12.2. The van der Waals surface area contributed by atoms with Gasteiger partial charge in [-0.2, -0.15) is 0 Å². The highest BCUT2D eigenvalue weighted by Gasteiger charge is 2.07. The van der Waals surface area contributed by atoms with Crippen LogP contribution < -0.4 is 10.1 Å². The lowest BCUT2D eigenvalue weighted by Crippen LogP contribution is -2.00. The second-order valence-corrected chi connectivity index (χ2v) is 6.57. The molecule has 0 heterocycles. The smallest absolute Gasteiger partial charge is 0.135 e. The van der Waals surface area contributed by atoms with Crippen molar-refractivity contribution < 1.29 is 4.74 Å². The van der Waals surface area contributed by atoms with Crippen molar-refractivity contribution in [1.82, 2.24) is 0 Å². The van der Waals surface area contributed by atoms with Crippen LogP contribution in [0.5, 0.6) is 5.75 Å². The Bertz CT molecular complexity index is 587. The van der Waals surface area contributed by atoms with Gasteiger partial charge >= 0.3 is 0 Å². The lowest BCUT2D eigenvalue weighted by Gasteiger charge is -2.12. The predicted octanol–water partition coefficient (Wildman–Crippen LogP) is 5.59. The highest BCUT2D eigenvalue weighted by atomic mass is 79.9. The summed E-state index contributed by atoms with van der Waals surface area (Å²) in [4.78, 5) is 0. The molecule has 0 fully saturated rings. The highest BCUT2D eigenvalue weighted by Crippen LogP contribution is 2.34. The molecular weight excluding hydrogens is 438 g/mol. The maximum atomic E-state index is 5.30. The van der Waals surface area contributed by atoms with Crippen LogP contribution >= 0.6 is 47.8 Å². The van der Waals surface area contributed by atoms with Gasteiger partial charge in [-0.15, -0.1) is 0 Å². The molecule has 100 valence electrons. The number of methoxy groups -OCH3 is 1. The molecule has 2 rings (SSSR count). The zero-order valence-corrected chi connectivity index (χ0v) is 15.0. The molecule has 0 aromatic heterocycles. The Hall–Kier alpha value is -0.520. The molecule has 0 aliphatic heterocycles. The normalized spacial score (nSPS) is 10.3. The molecule has 2 aromatic rings. The third-order valence-corrected chi connectivity index (χ3v) is 4.38. The Morgan fingerprint density at radius 1 is 1.05 bits per heavy atom. The van der Waals surface area contributed by atoms with Crippen LogP contribution in [0.2, 0.25) is 0 Å². The summed E-state index contributed by atoms with van der Waals surface area (Å²) in [6.07, 6.45) is 0. The summed E-state index contributed by atoms with van der Waals surface area (Å²) in [5.41, 5.74) is 2.21. The van der Waals surface area contributed by atoms with Crippen molar-refractivity contribution in [3.05, 3.63) is 55.4 Å². The first kappa shape index (κ1) is 14.9. The largest absolute Gasteiger partial charge is 0.495 e. The molecule has 2 aromatic carbocycles. The van der Waals surface area contributed by atoms with Crippen LogP contribution in [0.3, 0.4) is 0 Å². The summed E-state index contributed by atoms with van der Waals surface area (Å²) in [5, 5.41) is 3.39. The predicted molar refractivity (Wildman–Crippen MR) is 89.9 cm³/mol. The molecule has 0 aliphatic carbocycles. The van der Waals surface area contributed by atoms with Gasteiger partial charge in [0.05, 0.1) is 17.3 Å². The molecule has 0 bridgehead atoms. The Labute approximate surface area is 137 Å². The zero-order valence-electron chi connectivity index (χ0n) is 10.2. The van der Waals surface area contributed by atoms with E-state index in [9.17, 15) is 0 Å². The van der Waals surface area contributed by atoms with Gasteiger partial charge in [-0.3, -0.25) is 0 Å². The fourth-order valence-electron chi connectivity index (χ4n) is 1.67. The first-order valence-corrected chi connectivity index (χ1v) is 7.99. The van der Waals surface area contributed by atoms with E-state index in [-0.39, 0.29) is 0 Å². The van der Waals surface area contributed by atoms with Crippen LogP contribution in [-0.2, 0) is 6.54 Å².